The summed E-state index contributed by atoms with van der Waals surface area (Å²) in [7, 11) is 0. The molecule has 0 fully saturated rings. The first-order valence-electron chi connectivity index (χ1n) is 16.1. The summed E-state index contributed by atoms with van der Waals surface area (Å²) in [5.74, 6) is 0.618. The summed E-state index contributed by atoms with van der Waals surface area (Å²) in [5.41, 5.74) is 4.55. The van der Waals surface area contributed by atoms with Gasteiger partial charge in [0.1, 0.15) is 17.2 Å². The third-order valence-electron chi connectivity index (χ3n) is 9.11. The van der Waals surface area contributed by atoms with Crippen molar-refractivity contribution in [2.45, 2.75) is 71.3 Å². The van der Waals surface area contributed by atoms with Crippen LogP contribution >= 0.6 is 27.5 Å². The molecule has 0 saturated heterocycles. The number of ether oxygens (including phenoxy) is 2. The second kappa shape index (κ2) is 14.5. The number of benzene rings is 4. The Morgan fingerprint density at radius 1 is 0.896 bits per heavy atom. The fourth-order valence-corrected chi connectivity index (χ4v) is 5.62. The number of nitrogens with zero attached hydrogens (tertiary/aromatic N) is 2. The van der Waals surface area contributed by atoms with Crippen LogP contribution in [0.5, 0.6) is 11.5 Å². The minimum Gasteiger partial charge on any atom is -0.483 e. The van der Waals surface area contributed by atoms with Gasteiger partial charge in [0.05, 0.1) is 5.69 Å². The van der Waals surface area contributed by atoms with Crippen LogP contribution in [0.25, 0.3) is 0 Å². The monoisotopic (exact) mass is 729 g/mol. The number of carbonyl (C=O) groups excluding carboxylic acids is 2. The molecule has 1 heterocycles. The predicted molar refractivity (Wildman–Crippen MR) is 198 cm³/mol. The van der Waals surface area contributed by atoms with Crippen LogP contribution in [-0.2, 0) is 20.4 Å². The molecule has 0 aliphatic carbocycles. The van der Waals surface area contributed by atoms with Crippen LogP contribution in [0, 0.1) is 0 Å². The Balaban J connectivity index is 1.30. The molecule has 4 aromatic rings. The van der Waals surface area contributed by atoms with Gasteiger partial charge < -0.3 is 14.8 Å². The molecule has 0 saturated carbocycles. The Hall–Kier alpha value is -4.14. The van der Waals surface area contributed by atoms with Crippen LogP contribution in [0.4, 0.5) is 11.4 Å². The number of hydrazone groups is 1. The highest BCUT2D eigenvalue weighted by atomic mass is 79.9. The topological polar surface area (TPSA) is 80.2 Å². The van der Waals surface area contributed by atoms with E-state index in [1.54, 1.807) is 48.5 Å². The van der Waals surface area contributed by atoms with E-state index < -0.39 is 6.10 Å². The fourth-order valence-electron chi connectivity index (χ4n) is 5.23. The maximum absolute atomic E-state index is 13.7. The standard InChI is InChI=1S/C39H41BrClN3O4/c1-7-38(3,4)26-11-22-33(32(23-26)39(5,6)8-2)47-24-34(45)42-29-16-18-30(19-17-29)44-37(46)36(48-31-20-12-27(40)13-21-31)35(43-44)25-9-14-28(41)15-10-25/h9-23,36H,7-8,24H2,1-6H3,(H,42,45). The van der Waals surface area contributed by atoms with E-state index in [2.05, 4.69) is 80.0 Å². The number of rotatable bonds is 12. The van der Waals surface area contributed by atoms with Crippen molar-refractivity contribution in [3.63, 3.8) is 0 Å². The zero-order chi connectivity index (χ0) is 34.6. The third kappa shape index (κ3) is 7.93. The summed E-state index contributed by atoms with van der Waals surface area (Å²) >= 11 is 9.55. The maximum atomic E-state index is 13.7. The molecule has 0 aromatic heterocycles. The average Bonchev–Trinajstić information content (AvgIpc) is 3.40. The Bertz CT molecular complexity index is 1800. The van der Waals surface area contributed by atoms with E-state index in [-0.39, 0.29) is 29.3 Å². The van der Waals surface area contributed by atoms with Crippen LogP contribution in [-0.4, -0.2) is 30.2 Å². The van der Waals surface area contributed by atoms with Gasteiger partial charge in [0.2, 0.25) is 6.10 Å². The van der Waals surface area contributed by atoms with E-state index in [0.29, 0.717) is 33.6 Å². The molecule has 250 valence electrons. The van der Waals surface area contributed by atoms with Crippen molar-refractivity contribution < 1.29 is 19.1 Å². The van der Waals surface area contributed by atoms with Crippen LogP contribution in [0.3, 0.4) is 0 Å². The van der Waals surface area contributed by atoms with Gasteiger partial charge >= 0.3 is 0 Å². The van der Waals surface area contributed by atoms with Crippen molar-refractivity contribution in [2.24, 2.45) is 5.10 Å². The van der Waals surface area contributed by atoms with Crippen LogP contribution in [0.15, 0.2) is 101 Å². The molecule has 48 heavy (non-hydrogen) atoms. The van der Waals surface area contributed by atoms with Gasteiger partial charge in [-0.1, -0.05) is 93.3 Å². The highest BCUT2D eigenvalue weighted by Crippen LogP contribution is 2.38. The molecule has 0 spiro atoms. The molecular weight excluding hydrogens is 690 g/mol. The second-order valence-corrected chi connectivity index (χ2v) is 14.5. The van der Waals surface area contributed by atoms with E-state index in [9.17, 15) is 9.59 Å². The van der Waals surface area contributed by atoms with E-state index in [0.717, 1.165) is 28.4 Å². The van der Waals surface area contributed by atoms with Gasteiger partial charge in [-0.3, -0.25) is 9.59 Å². The Labute approximate surface area is 296 Å². The van der Waals surface area contributed by atoms with E-state index in [1.807, 2.05) is 30.3 Å². The maximum Gasteiger partial charge on any atom is 0.294 e. The minimum atomic E-state index is -0.964. The minimum absolute atomic E-state index is 0.0382. The Morgan fingerprint density at radius 3 is 2.17 bits per heavy atom. The third-order valence-corrected chi connectivity index (χ3v) is 9.89. The van der Waals surface area contributed by atoms with Gasteiger partial charge in [0.15, 0.2) is 6.61 Å². The quantitative estimate of drug-likeness (QED) is 0.157. The number of hydrogen-bond donors (Lipinski definition) is 1. The predicted octanol–water partition coefficient (Wildman–Crippen LogP) is 9.69. The lowest BCUT2D eigenvalue weighted by Crippen LogP contribution is -2.37. The lowest BCUT2D eigenvalue weighted by molar-refractivity contribution is -0.122. The van der Waals surface area contributed by atoms with Crippen molar-refractivity contribution in [1.29, 1.82) is 0 Å². The number of hydrogen-bond acceptors (Lipinski definition) is 5. The Morgan fingerprint density at radius 2 is 1.54 bits per heavy atom. The van der Waals surface area contributed by atoms with E-state index in [1.165, 1.54) is 10.6 Å². The normalized spacial score (nSPS) is 14.9. The molecule has 1 unspecified atom stereocenters. The van der Waals surface area contributed by atoms with Crippen molar-refractivity contribution in [2.75, 3.05) is 16.9 Å². The zero-order valence-electron chi connectivity index (χ0n) is 28.1. The first-order valence-corrected chi connectivity index (χ1v) is 17.3. The molecule has 9 heteroatoms. The van der Waals surface area contributed by atoms with Gasteiger partial charge in [0.25, 0.3) is 11.8 Å². The van der Waals surface area contributed by atoms with Crippen LogP contribution < -0.4 is 19.8 Å². The molecule has 1 N–H and O–H groups in total. The summed E-state index contributed by atoms with van der Waals surface area (Å²) in [4.78, 5) is 26.7. The van der Waals surface area contributed by atoms with Crippen LogP contribution in [0.2, 0.25) is 5.02 Å². The van der Waals surface area contributed by atoms with Crippen molar-refractivity contribution in [3.05, 3.63) is 117 Å². The van der Waals surface area contributed by atoms with E-state index in [4.69, 9.17) is 21.1 Å². The molecule has 2 amide bonds. The number of anilines is 2. The zero-order valence-corrected chi connectivity index (χ0v) is 30.5. The molecule has 1 aliphatic heterocycles. The molecule has 0 radical (unpaired) electrons. The molecule has 4 aromatic carbocycles. The highest BCUT2D eigenvalue weighted by Gasteiger charge is 2.39. The smallest absolute Gasteiger partial charge is 0.294 e. The molecule has 0 bridgehead atoms. The first-order chi connectivity index (χ1) is 22.8. The summed E-state index contributed by atoms with van der Waals surface area (Å²) in [6, 6.07) is 27.6. The van der Waals surface area contributed by atoms with Crippen molar-refractivity contribution in [3.8, 4) is 11.5 Å². The molecule has 7 nitrogen and oxygen atoms in total. The van der Waals surface area contributed by atoms with E-state index >= 15 is 0 Å². The number of halogens is 2. The molecule has 5 rings (SSSR count). The van der Waals surface area contributed by atoms with Crippen LogP contribution in [0.1, 0.15) is 71.1 Å². The second-order valence-electron chi connectivity index (χ2n) is 13.2. The summed E-state index contributed by atoms with van der Waals surface area (Å²) < 4.78 is 13.1. The van der Waals surface area contributed by atoms with Gasteiger partial charge in [-0.05, 0) is 96.0 Å². The SMILES string of the molecule is CCC(C)(C)c1ccc(OCC(=O)Nc2ccc(N3N=C(c4ccc(Cl)cc4)C(Oc4ccc(Br)cc4)C3=O)cc2)c(C(C)(C)CC)c1. The fraction of sp³-hybridized carbons (Fsp3) is 0.308. The summed E-state index contributed by atoms with van der Waals surface area (Å²) in [5, 5.41) is 9.46. The summed E-state index contributed by atoms with van der Waals surface area (Å²) in [6.45, 7) is 13.1. The van der Waals surface area contributed by atoms with Crippen molar-refractivity contribution in [1.82, 2.24) is 0 Å². The van der Waals surface area contributed by atoms with Gasteiger partial charge in [-0.15, -0.1) is 0 Å². The summed E-state index contributed by atoms with van der Waals surface area (Å²) in [6.07, 6.45) is 0.982. The molecule has 1 aliphatic rings. The molecular formula is C39H41BrClN3O4. The number of amides is 2. The van der Waals surface area contributed by atoms with Crippen molar-refractivity contribution >= 4 is 56.4 Å². The number of carbonyl (C=O) groups is 2. The van der Waals surface area contributed by atoms with Gasteiger partial charge in [-0.2, -0.15) is 10.1 Å². The largest absolute Gasteiger partial charge is 0.483 e. The first kappa shape index (κ1) is 35.2. The average molecular weight is 731 g/mol. The number of nitrogens with one attached hydrogen (secondary N) is 1. The molecule has 1 atom stereocenters. The Kier molecular flexibility index (Phi) is 10.7. The highest BCUT2D eigenvalue weighted by molar-refractivity contribution is 9.10. The lowest BCUT2D eigenvalue weighted by Gasteiger charge is -2.30. The lowest BCUT2D eigenvalue weighted by atomic mass is 9.76. The van der Waals surface area contributed by atoms with Gasteiger partial charge in [-0.25, -0.2) is 0 Å². The van der Waals surface area contributed by atoms with Gasteiger partial charge in [0, 0.05) is 26.3 Å².